The Balaban J connectivity index is 1.65. The first-order chi connectivity index (χ1) is 16.8. The van der Waals surface area contributed by atoms with Gasteiger partial charge in [0.25, 0.3) is 0 Å². The Morgan fingerprint density at radius 3 is 2.29 bits per heavy atom. The van der Waals surface area contributed by atoms with Crippen LogP contribution in [0.4, 0.5) is 0 Å². The van der Waals surface area contributed by atoms with Crippen molar-refractivity contribution in [2.24, 2.45) is 0 Å². The molecule has 6 heteroatoms. The summed E-state index contributed by atoms with van der Waals surface area (Å²) in [7, 11) is 0. The van der Waals surface area contributed by atoms with Gasteiger partial charge in [0.2, 0.25) is 0 Å². The van der Waals surface area contributed by atoms with Gasteiger partial charge in [-0.15, -0.1) is 0 Å². The number of thiocarbonyl (C=S) groups is 1. The molecule has 178 valence electrons. The van der Waals surface area contributed by atoms with Crippen LogP contribution in [-0.4, -0.2) is 24.5 Å². The van der Waals surface area contributed by atoms with Crippen molar-refractivity contribution in [2.75, 3.05) is 0 Å². The highest BCUT2D eigenvalue weighted by atomic mass is 32.1. The molecule has 0 amide bonds. The zero-order valence-corrected chi connectivity index (χ0v) is 21.7. The molecule has 35 heavy (non-hydrogen) atoms. The number of hydrogen-bond acceptors (Lipinski definition) is 3. The molecule has 1 N–H and O–H groups in total. The van der Waals surface area contributed by atoms with Crippen molar-refractivity contribution in [3.8, 4) is 5.69 Å². The van der Waals surface area contributed by atoms with Crippen molar-refractivity contribution in [3.63, 3.8) is 0 Å². The Bertz CT molecular complexity index is 1350. The standard InChI is InChI=1S/C29H31N5S/c1-18-14-19(2)27(20(3)15-18)34-21(4)16-24(22(34)5)28-26(25-8-6-7-11-31-25)32-29(35)33(28)17-23-9-12-30-13-10-23/h6-16,26,28H,17H2,1-5H3,(H,32,35). The molecular formula is C29H31N5S. The van der Waals surface area contributed by atoms with Crippen LogP contribution in [0.25, 0.3) is 5.69 Å². The van der Waals surface area contributed by atoms with Gasteiger partial charge in [-0.25, -0.2) is 0 Å². The number of aromatic nitrogens is 3. The van der Waals surface area contributed by atoms with E-state index in [1.807, 2.05) is 30.7 Å². The number of nitrogens with zero attached hydrogens (tertiary/aromatic N) is 4. The number of rotatable bonds is 5. The van der Waals surface area contributed by atoms with Crippen LogP contribution in [0.3, 0.4) is 0 Å². The number of hydrogen-bond donors (Lipinski definition) is 1. The highest BCUT2D eigenvalue weighted by molar-refractivity contribution is 7.80. The summed E-state index contributed by atoms with van der Waals surface area (Å²) < 4.78 is 2.40. The number of benzene rings is 1. The molecule has 4 aromatic rings. The number of pyridine rings is 2. The molecule has 1 aliphatic rings. The van der Waals surface area contributed by atoms with Gasteiger partial charge < -0.3 is 14.8 Å². The average Bonchev–Trinajstić information content (AvgIpc) is 3.30. The summed E-state index contributed by atoms with van der Waals surface area (Å²) >= 11 is 5.89. The molecule has 4 heterocycles. The van der Waals surface area contributed by atoms with Gasteiger partial charge in [-0.1, -0.05) is 23.8 Å². The van der Waals surface area contributed by atoms with Crippen LogP contribution in [0.5, 0.6) is 0 Å². The normalized spacial score (nSPS) is 17.6. The van der Waals surface area contributed by atoms with Crippen LogP contribution < -0.4 is 5.32 Å². The molecule has 1 aromatic carbocycles. The SMILES string of the molecule is Cc1cc(C)c(-n2c(C)cc(C3C(c4ccccn4)NC(=S)N3Cc3ccncc3)c2C)c(C)c1. The van der Waals surface area contributed by atoms with E-state index in [0.29, 0.717) is 6.54 Å². The van der Waals surface area contributed by atoms with E-state index in [4.69, 9.17) is 17.2 Å². The van der Waals surface area contributed by atoms with Gasteiger partial charge in [0.15, 0.2) is 5.11 Å². The summed E-state index contributed by atoms with van der Waals surface area (Å²) in [5, 5.41) is 4.33. The van der Waals surface area contributed by atoms with E-state index >= 15 is 0 Å². The smallest absolute Gasteiger partial charge is 0.170 e. The zero-order chi connectivity index (χ0) is 24.7. The summed E-state index contributed by atoms with van der Waals surface area (Å²) in [4.78, 5) is 11.2. The Morgan fingerprint density at radius 1 is 0.914 bits per heavy atom. The van der Waals surface area contributed by atoms with Gasteiger partial charge in [0.05, 0.1) is 23.5 Å². The Morgan fingerprint density at radius 2 is 1.63 bits per heavy atom. The van der Waals surface area contributed by atoms with Crippen molar-refractivity contribution in [1.29, 1.82) is 0 Å². The van der Waals surface area contributed by atoms with E-state index in [9.17, 15) is 0 Å². The molecule has 5 rings (SSSR count). The highest BCUT2D eigenvalue weighted by Crippen LogP contribution is 2.42. The predicted molar refractivity (Wildman–Crippen MR) is 145 cm³/mol. The maximum absolute atomic E-state index is 5.89. The second-order valence-corrected chi connectivity index (χ2v) is 9.91. The van der Waals surface area contributed by atoms with E-state index in [1.54, 1.807) is 0 Å². The van der Waals surface area contributed by atoms with E-state index in [1.165, 1.54) is 44.9 Å². The number of nitrogens with one attached hydrogen (secondary N) is 1. The van der Waals surface area contributed by atoms with Crippen molar-refractivity contribution in [2.45, 2.75) is 53.2 Å². The summed E-state index contributed by atoms with van der Waals surface area (Å²) in [6, 6.07) is 17.0. The fraction of sp³-hybridized carbons (Fsp3) is 0.276. The van der Waals surface area contributed by atoms with Crippen molar-refractivity contribution >= 4 is 17.3 Å². The minimum absolute atomic E-state index is 0.0107. The summed E-state index contributed by atoms with van der Waals surface area (Å²) in [6.45, 7) is 11.7. The molecule has 1 fully saturated rings. The van der Waals surface area contributed by atoms with E-state index in [2.05, 4.69) is 90.8 Å². The van der Waals surface area contributed by atoms with Gasteiger partial charge in [-0.05, 0) is 99.4 Å². The van der Waals surface area contributed by atoms with Crippen LogP contribution >= 0.6 is 12.2 Å². The largest absolute Gasteiger partial charge is 0.352 e. The number of aryl methyl sites for hydroxylation is 4. The molecular weight excluding hydrogens is 450 g/mol. The third-order valence-electron chi connectivity index (χ3n) is 6.95. The molecule has 1 aliphatic heterocycles. The fourth-order valence-electron chi connectivity index (χ4n) is 5.56. The topological polar surface area (TPSA) is 46.0 Å². The molecule has 2 unspecified atom stereocenters. The van der Waals surface area contributed by atoms with Crippen LogP contribution in [0, 0.1) is 34.6 Å². The van der Waals surface area contributed by atoms with Gasteiger partial charge in [-0.3, -0.25) is 9.97 Å². The molecule has 0 radical (unpaired) electrons. The first kappa shape index (κ1) is 23.2. The molecule has 1 saturated heterocycles. The summed E-state index contributed by atoms with van der Waals surface area (Å²) in [6.07, 6.45) is 5.52. The average molecular weight is 482 g/mol. The van der Waals surface area contributed by atoms with Crippen molar-refractivity contribution in [1.82, 2.24) is 24.8 Å². The minimum atomic E-state index is -0.0419. The molecule has 0 saturated carbocycles. The predicted octanol–water partition coefficient (Wildman–Crippen LogP) is 5.98. The summed E-state index contributed by atoms with van der Waals surface area (Å²) in [5.74, 6) is 0. The van der Waals surface area contributed by atoms with Crippen molar-refractivity contribution < 1.29 is 0 Å². The lowest BCUT2D eigenvalue weighted by Gasteiger charge is -2.28. The molecule has 0 bridgehead atoms. The van der Waals surface area contributed by atoms with Gasteiger partial charge in [0, 0.05) is 36.5 Å². The van der Waals surface area contributed by atoms with Crippen LogP contribution in [0.15, 0.2) is 67.1 Å². The first-order valence-electron chi connectivity index (χ1n) is 12.0. The second-order valence-electron chi connectivity index (χ2n) is 9.52. The lowest BCUT2D eigenvalue weighted by Crippen LogP contribution is -2.29. The van der Waals surface area contributed by atoms with Gasteiger partial charge >= 0.3 is 0 Å². The first-order valence-corrected chi connectivity index (χ1v) is 12.4. The Kier molecular flexibility index (Phi) is 6.15. The van der Waals surface area contributed by atoms with Crippen molar-refractivity contribution in [3.05, 3.63) is 112 Å². The monoisotopic (exact) mass is 481 g/mol. The fourth-order valence-corrected chi connectivity index (χ4v) is 5.86. The van der Waals surface area contributed by atoms with E-state index in [-0.39, 0.29) is 12.1 Å². The lowest BCUT2D eigenvalue weighted by atomic mass is 9.96. The molecule has 0 aliphatic carbocycles. The van der Waals surface area contributed by atoms with Crippen LogP contribution in [0.2, 0.25) is 0 Å². The van der Waals surface area contributed by atoms with Crippen LogP contribution in [0.1, 0.15) is 57.0 Å². The molecule has 0 spiro atoms. The lowest BCUT2D eigenvalue weighted by molar-refractivity contribution is 0.310. The Labute approximate surface area is 212 Å². The van der Waals surface area contributed by atoms with Gasteiger partial charge in [-0.2, -0.15) is 0 Å². The quantitative estimate of drug-likeness (QED) is 0.355. The maximum atomic E-state index is 5.89. The van der Waals surface area contributed by atoms with E-state index in [0.717, 1.165) is 10.8 Å². The third kappa shape index (κ3) is 4.23. The van der Waals surface area contributed by atoms with Crippen LogP contribution in [-0.2, 0) is 6.54 Å². The summed E-state index contributed by atoms with van der Waals surface area (Å²) in [5.41, 5.74) is 11.0. The second kappa shape index (κ2) is 9.27. The molecule has 5 nitrogen and oxygen atoms in total. The Hall–Kier alpha value is -3.51. The van der Waals surface area contributed by atoms with E-state index < -0.39 is 0 Å². The highest BCUT2D eigenvalue weighted by Gasteiger charge is 2.41. The molecule has 3 aromatic heterocycles. The van der Waals surface area contributed by atoms with Gasteiger partial charge in [0.1, 0.15) is 0 Å². The minimum Gasteiger partial charge on any atom is -0.352 e. The maximum Gasteiger partial charge on any atom is 0.170 e. The zero-order valence-electron chi connectivity index (χ0n) is 20.9. The molecule has 2 atom stereocenters. The third-order valence-corrected chi connectivity index (χ3v) is 7.30.